The molecule has 9 heavy (non-hydrogen) atoms. The molecule has 0 unspecified atom stereocenters. The van der Waals surface area contributed by atoms with Gasteiger partial charge in [-0.1, -0.05) is 26.0 Å². The monoisotopic (exact) mass is 127 g/mol. The molecule has 0 amide bonds. The smallest absolute Gasteiger partial charge is 0.0134 e. The van der Waals surface area contributed by atoms with Crippen molar-refractivity contribution in [1.82, 2.24) is 5.32 Å². The molecule has 0 saturated heterocycles. The normalized spacial score (nSPS) is 10.9. The van der Waals surface area contributed by atoms with E-state index in [1.807, 2.05) is 0 Å². The van der Waals surface area contributed by atoms with Crippen LogP contribution < -0.4 is 5.32 Å². The van der Waals surface area contributed by atoms with Crippen LogP contribution in [0.1, 0.15) is 26.7 Å². The molecular formula is C8H17N. The molecule has 0 aromatic carbocycles. The Bertz CT molecular complexity index is 67.0. The predicted molar refractivity (Wildman–Crippen MR) is 42.6 cm³/mol. The molecular weight excluding hydrogens is 110 g/mol. The number of allylic oxidation sites excluding steroid dienone is 1. The second kappa shape index (κ2) is 7.70. The molecule has 0 aliphatic heterocycles. The Morgan fingerprint density at radius 1 is 1.22 bits per heavy atom. The fourth-order valence-electron chi connectivity index (χ4n) is 0.612. The van der Waals surface area contributed by atoms with Gasteiger partial charge in [-0.15, -0.1) is 0 Å². The molecule has 0 heterocycles. The summed E-state index contributed by atoms with van der Waals surface area (Å²) in [5.74, 6) is 0. The van der Waals surface area contributed by atoms with Crippen LogP contribution in [0.3, 0.4) is 0 Å². The van der Waals surface area contributed by atoms with Crippen LogP contribution in [0.15, 0.2) is 12.2 Å². The summed E-state index contributed by atoms with van der Waals surface area (Å²) in [5, 5.41) is 3.28. The van der Waals surface area contributed by atoms with Crippen molar-refractivity contribution in [3.05, 3.63) is 12.2 Å². The van der Waals surface area contributed by atoms with E-state index in [4.69, 9.17) is 0 Å². The number of hydrogen-bond acceptors (Lipinski definition) is 1. The zero-order valence-electron chi connectivity index (χ0n) is 6.48. The van der Waals surface area contributed by atoms with E-state index in [0.717, 1.165) is 19.5 Å². The fraction of sp³-hybridized carbons (Fsp3) is 0.750. The van der Waals surface area contributed by atoms with Crippen LogP contribution in [-0.4, -0.2) is 13.1 Å². The van der Waals surface area contributed by atoms with Crippen molar-refractivity contribution >= 4 is 0 Å². The van der Waals surface area contributed by atoms with Crippen LogP contribution in [0.2, 0.25) is 0 Å². The van der Waals surface area contributed by atoms with Crippen molar-refractivity contribution in [1.29, 1.82) is 0 Å². The number of nitrogens with one attached hydrogen (secondary N) is 1. The van der Waals surface area contributed by atoms with Crippen molar-refractivity contribution in [2.45, 2.75) is 26.7 Å². The molecule has 0 spiro atoms. The van der Waals surface area contributed by atoms with Crippen molar-refractivity contribution in [3.63, 3.8) is 0 Å². The van der Waals surface area contributed by atoms with Crippen LogP contribution in [0.5, 0.6) is 0 Å². The average molecular weight is 127 g/mol. The largest absolute Gasteiger partial charge is 0.313 e. The van der Waals surface area contributed by atoms with Crippen LogP contribution in [0, 0.1) is 0 Å². The highest BCUT2D eigenvalue weighted by Crippen LogP contribution is 1.77. The Labute approximate surface area is 58.2 Å². The van der Waals surface area contributed by atoms with Gasteiger partial charge in [0.1, 0.15) is 0 Å². The van der Waals surface area contributed by atoms with Crippen LogP contribution >= 0.6 is 0 Å². The Morgan fingerprint density at radius 3 is 2.56 bits per heavy atom. The quantitative estimate of drug-likeness (QED) is 0.439. The van der Waals surface area contributed by atoms with Crippen molar-refractivity contribution in [2.24, 2.45) is 0 Å². The van der Waals surface area contributed by atoms with Gasteiger partial charge in [0.2, 0.25) is 0 Å². The summed E-state index contributed by atoms with van der Waals surface area (Å²) in [6.07, 6.45) is 6.73. The molecule has 0 bridgehead atoms. The maximum absolute atomic E-state index is 3.28. The summed E-state index contributed by atoms with van der Waals surface area (Å²) in [4.78, 5) is 0. The van der Waals surface area contributed by atoms with Gasteiger partial charge in [0.05, 0.1) is 0 Å². The molecule has 1 N–H and O–H groups in total. The third kappa shape index (κ3) is 7.70. The van der Waals surface area contributed by atoms with Gasteiger partial charge in [-0.05, 0) is 19.4 Å². The predicted octanol–water partition coefficient (Wildman–Crippen LogP) is 1.95. The Kier molecular flexibility index (Phi) is 7.44. The van der Waals surface area contributed by atoms with Gasteiger partial charge in [-0.25, -0.2) is 0 Å². The molecule has 0 aromatic rings. The Hall–Kier alpha value is -0.300. The summed E-state index contributed by atoms with van der Waals surface area (Å²) < 4.78 is 0. The third-order valence-corrected chi connectivity index (χ3v) is 1.09. The van der Waals surface area contributed by atoms with Gasteiger partial charge >= 0.3 is 0 Å². The van der Waals surface area contributed by atoms with Gasteiger partial charge in [0, 0.05) is 6.54 Å². The molecule has 1 nitrogen and oxygen atoms in total. The van der Waals surface area contributed by atoms with E-state index in [-0.39, 0.29) is 0 Å². The minimum atomic E-state index is 1.03. The van der Waals surface area contributed by atoms with Crippen molar-refractivity contribution in [2.75, 3.05) is 13.1 Å². The first-order chi connectivity index (χ1) is 4.41. The molecule has 1 heteroatoms. The molecule has 0 aliphatic rings. The summed E-state index contributed by atoms with van der Waals surface area (Å²) in [7, 11) is 0. The maximum atomic E-state index is 3.28. The van der Waals surface area contributed by atoms with E-state index in [0.29, 0.717) is 0 Å². The van der Waals surface area contributed by atoms with Gasteiger partial charge in [0.15, 0.2) is 0 Å². The molecule has 0 saturated carbocycles. The van der Waals surface area contributed by atoms with Gasteiger partial charge in [-0.2, -0.15) is 0 Å². The average Bonchev–Trinajstić information content (AvgIpc) is 1.89. The molecule has 0 radical (unpaired) electrons. The standard InChI is InChI=1S/C8H17N/c1-3-5-6-8-9-7-4-2/h5-6,9H,3-4,7-8H2,1-2H3/b6-5+. The molecule has 0 rings (SSSR count). The topological polar surface area (TPSA) is 12.0 Å². The van der Waals surface area contributed by atoms with Crippen molar-refractivity contribution < 1.29 is 0 Å². The van der Waals surface area contributed by atoms with E-state index >= 15 is 0 Å². The lowest BCUT2D eigenvalue weighted by atomic mass is 10.4. The van der Waals surface area contributed by atoms with Crippen molar-refractivity contribution in [3.8, 4) is 0 Å². The van der Waals surface area contributed by atoms with E-state index < -0.39 is 0 Å². The minimum Gasteiger partial charge on any atom is -0.313 e. The third-order valence-electron chi connectivity index (χ3n) is 1.09. The Balaban J connectivity index is 2.82. The molecule has 0 atom stereocenters. The zero-order chi connectivity index (χ0) is 6.95. The van der Waals surface area contributed by atoms with E-state index in [9.17, 15) is 0 Å². The summed E-state index contributed by atoms with van der Waals surface area (Å²) in [6, 6.07) is 0. The van der Waals surface area contributed by atoms with Gasteiger partial charge in [0.25, 0.3) is 0 Å². The van der Waals surface area contributed by atoms with Crippen LogP contribution in [0.4, 0.5) is 0 Å². The van der Waals surface area contributed by atoms with E-state index in [1.165, 1.54) is 6.42 Å². The molecule has 0 aliphatic carbocycles. The lowest BCUT2D eigenvalue weighted by molar-refractivity contribution is 0.728. The number of rotatable bonds is 5. The SMILES string of the molecule is CC/C=C/CNCCC. The Morgan fingerprint density at radius 2 is 2.00 bits per heavy atom. The first-order valence-electron chi connectivity index (χ1n) is 3.77. The second-order valence-corrected chi connectivity index (χ2v) is 2.08. The van der Waals surface area contributed by atoms with E-state index in [1.54, 1.807) is 0 Å². The fourth-order valence-corrected chi connectivity index (χ4v) is 0.612. The lowest BCUT2D eigenvalue weighted by Crippen LogP contribution is -2.13. The molecule has 0 aromatic heterocycles. The zero-order valence-corrected chi connectivity index (χ0v) is 6.48. The maximum Gasteiger partial charge on any atom is 0.0134 e. The first kappa shape index (κ1) is 8.70. The highest BCUT2D eigenvalue weighted by atomic mass is 14.8. The highest BCUT2D eigenvalue weighted by molar-refractivity contribution is 4.81. The summed E-state index contributed by atoms with van der Waals surface area (Å²) in [5.41, 5.74) is 0. The first-order valence-corrected chi connectivity index (χ1v) is 3.77. The summed E-state index contributed by atoms with van der Waals surface area (Å²) >= 11 is 0. The van der Waals surface area contributed by atoms with Gasteiger partial charge < -0.3 is 5.32 Å². The summed E-state index contributed by atoms with van der Waals surface area (Å²) in [6.45, 7) is 6.49. The molecule has 0 fully saturated rings. The van der Waals surface area contributed by atoms with Crippen LogP contribution in [0.25, 0.3) is 0 Å². The lowest BCUT2D eigenvalue weighted by Gasteiger charge is -1.94. The number of hydrogen-bond donors (Lipinski definition) is 1. The van der Waals surface area contributed by atoms with E-state index in [2.05, 4.69) is 31.3 Å². The molecule has 54 valence electrons. The minimum absolute atomic E-state index is 1.03. The van der Waals surface area contributed by atoms with Gasteiger partial charge in [-0.3, -0.25) is 0 Å². The second-order valence-electron chi connectivity index (χ2n) is 2.08. The van der Waals surface area contributed by atoms with Crippen LogP contribution in [-0.2, 0) is 0 Å². The highest BCUT2D eigenvalue weighted by Gasteiger charge is 1.75.